The molecule has 1 aromatic rings. The summed E-state index contributed by atoms with van der Waals surface area (Å²) in [6, 6.07) is 1.75. The predicted octanol–water partition coefficient (Wildman–Crippen LogP) is 2.04. The standard InChI is InChI=1S/C10H16F3N5.HI/c1-2-14-9(15-6-4-10(11,12)13)16-7-8-3-5-17-18-8;/h3,5H,2,4,6-7H2,1H3,(H,17,18)(H2,14,15,16);1H. The molecule has 9 heteroatoms. The van der Waals surface area contributed by atoms with E-state index in [2.05, 4.69) is 25.8 Å². The van der Waals surface area contributed by atoms with Crippen molar-refractivity contribution >= 4 is 29.9 Å². The number of aromatic amines is 1. The molecular weight excluding hydrogens is 374 g/mol. The Morgan fingerprint density at radius 2 is 2.16 bits per heavy atom. The van der Waals surface area contributed by atoms with Gasteiger partial charge in [0.1, 0.15) is 0 Å². The number of nitrogens with zero attached hydrogens (tertiary/aromatic N) is 2. The average Bonchev–Trinajstić information content (AvgIpc) is 2.77. The van der Waals surface area contributed by atoms with Crippen molar-refractivity contribution in [2.45, 2.75) is 26.1 Å². The molecule has 110 valence electrons. The molecular formula is C10H17F3IN5. The third-order valence-corrected chi connectivity index (χ3v) is 2.01. The molecule has 5 nitrogen and oxygen atoms in total. The molecule has 0 saturated carbocycles. The number of alkyl halides is 3. The molecule has 0 fully saturated rings. The minimum atomic E-state index is -4.16. The van der Waals surface area contributed by atoms with Gasteiger partial charge >= 0.3 is 6.18 Å². The van der Waals surface area contributed by atoms with E-state index in [-0.39, 0.29) is 30.5 Å². The SMILES string of the molecule is CCNC(=NCc1ccn[nH]1)NCCC(F)(F)F.I. The monoisotopic (exact) mass is 391 g/mol. The van der Waals surface area contributed by atoms with Gasteiger partial charge in [-0.05, 0) is 13.0 Å². The van der Waals surface area contributed by atoms with Gasteiger partial charge < -0.3 is 10.6 Å². The lowest BCUT2D eigenvalue weighted by Gasteiger charge is -2.12. The molecule has 0 amide bonds. The zero-order valence-corrected chi connectivity index (χ0v) is 12.8. The van der Waals surface area contributed by atoms with Gasteiger partial charge in [-0.2, -0.15) is 18.3 Å². The van der Waals surface area contributed by atoms with Crippen LogP contribution in [0.5, 0.6) is 0 Å². The molecule has 0 bridgehead atoms. The van der Waals surface area contributed by atoms with Crippen molar-refractivity contribution in [2.75, 3.05) is 13.1 Å². The number of rotatable bonds is 5. The number of aromatic nitrogens is 2. The van der Waals surface area contributed by atoms with E-state index in [4.69, 9.17) is 0 Å². The molecule has 0 aliphatic rings. The van der Waals surface area contributed by atoms with Crippen molar-refractivity contribution < 1.29 is 13.2 Å². The van der Waals surface area contributed by atoms with Crippen LogP contribution >= 0.6 is 24.0 Å². The van der Waals surface area contributed by atoms with Gasteiger partial charge in [-0.25, -0.2) is 4.99 Å². The van der Waals surface area contributed by atoms with Gasteiger partial charge in [-0.3, -0.25) is 5.10 Å². The van der Waals surface area contributed by atoms with Crippen molar-refractivity contribution in [3.05, 3.63) is 18.0 Å². The summed E-state index contributed by atoms with van der Waals surface area (Å²) in [6.07, 6.45) is -3.45. The normalized spacial score (nSPS) is 11.9. The Balaban J connectivity index is 0.00000324. The minimum absolute atomic E-state index is 0. The van der Waals surface area contributed by atoms with E-state index in [0.29, 0.717) is 19.0 Å². The molecule has 0 aromatic carbocycles. The largest absolute Gasteiger partial charge is 0.390 e. The van der Waals surface area contributed by atoms with Gasteiger partial charge in [0.2, 0.25) is 0 Å². The van der Waals surface area contributed by atoms with Crippen LogP contribution in [0.25, 0.3) is 0 Å². The fourth-order valence-electron chi connectivity index (χ4n) is 1.20. The number of hydrogen-bond donors (Lipinski definition) is 3. The van der Waals surface area contributed by atoms with Crippen molar-refractivity contribution in [2.24, 2.45) is 4.99 Å². The highest BCUT2D eigenvalue weighted by atomic mass is 127. The van der Waals surface area contributed by atoms with E-state index in [1.54, 1.807) is 12.3 Å². The lowest BCUT2D eigenvalue weighted by molar-refractivity contribution is -0.132. The van der Waals surface area contributed by atoms with Crippen LogP contribution in [0, 0.1) is 0 Å². The highest BCUT2D eigenvalue weighted by molar-refractivity contribution is 14.0. The predicted molar refractivity (Wildman–Crippen MR) is 77.5 cm³/mol. The summed E-state index contributed by atoms with van der Waals surface area (Å²) in [5, 5.41) is 12.0. The first-order valence-electron chi connectivity index (χ1n) is 5.58. The summed E-state index contributed by atoms with van der Waals surface area (Å²) < 4.78 is 36.0. The first kappa shape index (κ1) is 18.0. The molecule has 0 aliphatic heterocycles. The summed E-state index contributed by atoms with van der Waals surface area (Å²) in [5.41, 5.74) is 0.794. The van der Waals surface area contributed by atoms with E-state index in [1.165, 1.54) is 0 Å². The van der Waals surface area contributed by atoms with Gasteiger partial charge in [0.05, 0.1) is 18.7 Å². The van der Waals surface area contributed by atoms with Crippen molar-refractivity contribution in [3.8, 4) is 0 Å². The number of nitrogens with one attached hydrogen (secondary N) is 3. The number of halogens is 4. The third kappa shape index (κ3) is 8.67. The minimum Gasteiger partial charge on any atom is -0.357 e. The summed E-state index contributed by atoms with van der Waals surface area (Å²) in [4.78, 5) is 4.13. The molecule has 3 N–H and O–H groups in total. The van der Waals surface area contributed by atoms with Crippen LogP contribution in [0.15, 0.2) is 17.3 Å². The van der Waals surface area contributed by atoms with Crippen LogP contribution in [0.4, 0.5) is 13.2 Å². The topological polar surface area (TPSA) is 65.1 Å². The fraction of sp³-hybridized carbons (Fsp3) is 0.600. The zero-order valence-electron chi connectivity index (χ0n) is 10.4. The Labute approximate surface area is 126 Å². The van der Waals surface area contributed by atoms with Crippen LogP contribution in [0.2, 0.25) is 0 Å². The maximum Gasteiger partial charge on any atom is 0.390 e. The van der Waals surface area contributed by atoms with Gasteiger partial charge in [-0.1, -0.05) is 0 Å². The van der Waals surface area contributed by atoms with Crippen LogP contribution in [-0.2, 0) is 6.54 Å². The van der Waals surface area contributed by atoms with Crippen LogP contribution < -0.4 is 10.6 Å². The summed E-state index contributed by atoms with van der Waals surface area (Å²) in [5.74, 6) is 0.358. The Kier molecular flexibility index (Phi) is 8.52. The molecule has 1 rings (SSSR count). The van der Waals surface area contributed by atoms with Crippen LogP contribution in [0.1, 0.15) is 19.0 Å². The Hall–Kier alpha value is -1.00. The number of H-pyrrole nitrogens is 1. The van der Waals surface area contributed by atoms with Crippen LogP contribution in [0.3, 0.4) is 0 Å². The highest BCUT2D eigenvalue weighted by Crippen LogP contribution is 2.17. The molecule has 1 heterocycles. The van der Waals surface area contributed by atoms with Crippen molar-refractivity contribution in [1.82, 2.24) is 20.8 Å². The van der Waals surface area contributed by atoms with Crippen molar-refractivity contribution in [3.63, 3.8) is 0 Å². The second-order valence-corrected chi connectivity index (χ2v) is 3.57. The number of guanidine groups is 1. The summed E-state index contributed by atoms with van der Waals surface area (Å²) >= 11 is 0. The van der Waals surface area contributed by atoms with Crippen LogP contribution in [-0.4, -0.2) is 35.4 Å². The molecule has 0 unspecified atom stereocenters. The van der Waals surface area contributed by atoms with Gasteiger partial charge in [0.25, 0.3) is 0 Å². The Morgan fingerprint density at radius 3 is 2.68 bits per heavy atom. The molecule has 0 radical (unpaired) electrons. The lowest BCUT2D eigenvalue weighted by atomic mass is 10.4. The molecule has 0 aliphatic carbocycles. The molecule has 19 heavy (non-hydrogen) atoms. The molecule has 0 saturated heterocycles. The average molecular weight is 391 g/mol. The van der Waals surface area contributed by atoms with E-state index in [1.807, 2.05) is 6.92 Å². The Morgan fingerprint density at radius 1 is 1.42 bits per heavy atom. The Bertz CT molecular complexity index is 364. The van der Waals surface area contributed by atoms with Gasteiger partial charge in [-0.15, -0.1) is 24.0 Å². The summed E-state index contributed by atoms with van der Waals surface area (Å²) in [6.45, 7) is 2.57. The maximum atomic E-state index is 12.0. The number of aliphatic imine (C=N–C) groups is 1. The third-order valence-electron chi connectivity index (χ3n) is 2.01. The van der Waals surface area contributed by atoms with Gasteiger partial charge in [0, 0.05) is 19.3 Å². The van der Waals surface area contributed by atoms with Crippen molar-refractivity contribution in [1.29, 1.82) is 0 Å². The molecule has 0 atom stereocenters. The smallest absolute Gasteiger partial charge is 0.357 e. The second kappa shape index (κ2) is 8.99. The molecule has 0 spiro atoms. The van der Waals surface area contributed by atoms with E-state index >= 15 is 0 Å². The quantitative estimate of drug-likeness (QED) is 0.409. The lowest BCUT2D eigenvalue weighted by Crippen LogP contribution is -2.38. The van der Waals surface area contributed by atoms with E-state index in [9.17, 15) is 13.2 Å². The van der Waals surface area contributed by atoms with Gasteiger partial charge in [0.15, 0.2) is 5.96 Å². The van der Waals surface area contributed by atoms with E-state index in [0.717, 1.165) is 5.69 Å². The fourth-order valence-corrected chi connectivity index (χ4v) is 1.20. The summed E-state index contributed by atoms with van der Waals surface area (Å²) in [7, 11) is 0. The highest BCUT2D eigenvalue weighted by Gasteiger charge is 2.26. The maximum absolute atomic E-state index is 12.0. The zero-order chi connectivity index (χ0) is 13.4. The number of hydrogen-bond acceptors (Lipinski definition) is 2. The second-order valence-electron chi connectivity index (χ2n) is 3.57. The first-order chi connectivity index (χ1) is 8.51. The van der Waals surface area contributed by atoms with E-state index < -0.39 is 12.6 Å². The molecule has 1 aromatic heterocycles. The first-order valence-corrected chi connectivity index (χ1v) is 5.58.